The van der Waals surface area contributed by atoms with Gasteiger partial charge in [-0.1, -0.05) is 38.2 Å². The summed E-state index contributed by atoms with van der Waals surface area (Å²) in [6.45, 7) is 9.02. The summed E-state index contributed by atoms with van der Waals surface area (Å²) in [7, 11) is 0. The SMILES string of the molecule is CCC(=S)Nc1cccc(I)c1COc1cc(C)c(CC)cc1C. The monoisotopic (exact) mass is 453 g/mol. The van der Waals surface area contributed by atoms with Crippen molar-refractivity contribution in [3.63, 3.8) is 0 Å². The first-order valence-corrected chi connectivity index (χ1v) is 9.75. The molecule has 2 aromatic carbocycles. The van der Waals surface area contributed by atoms with E-state index in [1.54, 1.807) is 0 Å². The highest BCUT2D eigenvalue weighted by Crippen LogP contribution is 2.27. The number of thiocarbonyl (C=S) groups is 1. The first kappa shape index (κ1) is 19.2. The maximum Gasteiger partial charge on any atom is 0.123 e. The van der Waals surface area contributed by atoms with Gasteiger partial charge in [0, 0.05) is 14.8 Å². The number of rotatable bonds is 6. The molecule has 4 heteroatoms. The fourth-order valence-electron chi connectivity index (χ4n) is 2.60. The molecule has 0 unspecified atom stereocenters. The van der Waals surface area contributed by atoms with Gasteiger partial charge in [-0.05, 0) is 84.2 Å². The first-order valence-electron chi connectivity index (χ1n) is 8.26. The van der Waals surface area contributed by atoms with Crippen LogP contribution in [0.15, 0.2) is 30.3 Å². The summed E-state index contributed by atoms with van der Waals surface area (Å²) in [6, 6.07) is 10.6. The molecule has 0 amide bonds. The van der Waals surface area contributed by atoms with E-state index in [0.29, 0.717) is 6.61 Å². The predicted molar refractivity (Wildman–Crippen MR) is 115 cm³/mol. The van der Waals surface area contributed by atoms with E-state index in [9.17, 15) is 0 Å². The summed E-state index contributed by atoms with van der Waals surface area (Å²) >= 11 is 7.68. The van der Waals surface area contributed by atoms with Crippen LogP contribution in [0.3, 0.4) is 0 Å². The highest BCUT2D eigenvalue weighted by Gasteiger charge is 2.10. The molecule has 0 bridgehead atoms. The Labute approximate surface area is 164 Å². The van der Waals surface area contributed by atoms with Crippen molar-refractivity contribution in [2.24, 2.45) is 0 Å². The third kappa shape index (κ3) is 4.70. The van der Waals surface area contributed by atoms with Gasteiger partial charge in [-0.25, -0.2) is 0 Å². The molecule has 2 rings (SSSR count). The van der Waals surface area contributed by atoms with E-state index in [1.807, 2.05) is 6.07 Å². The van der Waals surface area contributed by atoms with Crippen LogP contribution in [0.4, 0.5) is 5.69 Å². The van der Waals surface area contributed by atoms with Gasteiger partial charge >= 0.3 is 0 Å². The van der Waals surface area contributed by atoms with Gasteiger partial charge in [0.25, 0.3) is 0 Å². The van der Waals surface area contributed by atoms with Gasteiger partial charge in [-0.3, -0.25) is 0 Å². The molecular formula is C20H24INOS. The van der Waals surface area contributed by atoms with Crippen LogP contribution in [0.25, 0.3) is 0 Å². The molecule has 0 aliphatic carbocycles. The summed E-state index contributed by atoms with van der Waals surface area (Å²) in [5.41, 5.74) is 6.02. The zero-order valence-electron chi connectivity index (χ0n) is 14.7. The summed E-state index contributed by atoms with van der Waals surface area (Å²) in [5.74, 6) is 0.952. The van der Waals surface area contributed by atoms with Crippen LogP contribution in [-0.4, -0.2) is 4.99 Å². The van der Waals surface area contributed by atoms with Crippen molar-refractivity contribution in [2.75, 3.05) is 5.32 Å². The predicted octanol–water partition coefficient (Wildman–Crippen LogP) is 6.20. The average molecular weight is 453 g/mol. The highest BCUT2D eigenvalue weighted by molar-refractivity contribution is 14.1. The molecule has 0 fully saturated rings. The third-order valence-corrected chi connectivity index (χ3v) is 5.50. The van der Waals surface area contributed by atoms with Gasteiger partial charge in [-0.2, -0.15) is 0 Å². The van der Waals surface area contributed by atoms with E-state index < -0.39 is 0 Å². The van der Waals surface area contributed by atoms with Crippen molar-refractivity contribution in [2.45, 2.75) is 47.1 Å². The molecule has 0 heterocycles. The summed E-state index contributed by atoms with van der Waals surface area (Å²) in [5, 5.41) is 3.33. The quantitative estimate of drug-likeness (QED) is 0.416. The van der Waals surface area contributed by atoms with Crippen LogP contribution in [0.5, 0.6) is 5.75 Å². The lowest BCUT2D eigenvalue weighted by molar-refractivity contribution is 0.303. The van der Waals surface area contributed by atoms with E-state index in [4.69, 9.17) is 17.0 Å². The Morgan fingerprint density at radius 1 is 1.17 bits per heavy atom. The molecule has 24 heavy (non-hydrogen) atoms. The minimum Gasteiger partial charge on any atom is -0.489 e. The second kappa shape index (κ2) is 8.81. The van der Waals surface area contributed by atoms with Gasteiger partial charge in [0.2, 0.25) is 0 Å². The zero-order chi connectivity index (χ0) is 17.7. The molecule has 1 N–H and O–H groups in total. The number of ether oxygens (including phenoxy) is 1. The molecule has 0 saturated heterocycles. The number of benzene rings is 2. The molecule has 0 radical (unpaired) electrons. The number of aryl methyl sites for hydroxylation is 3. The second-order valence-electron chi connectivity index (χ2n) is 5.85. The molecule has 0 spiro atoms. The lowest BCUT2D eigenvalue weighted by atomic mass is 10.0. The minimum atomic E-state index is 0.527. The molecule has 0 saturated carbocycles. The van der Waals surface area contributed by atoms with Gasteiger partial charge < -0.3 is 10.1 Å². The van der Waals surface area contributed by atoms with Crippen LogP contribution < -0.4 is 10.1 Å². The third-order valence-electron chi connectivity index (χ3n) is 4.10. The number of hydrogen-bond acceptors (Lipinski definition) is 2. The Hall–Kier alpha value is -1.14. The normalized spacial score (nSPS) is 10.5. The van der Waals surface area contributed by atoms with Crippen molar-refractivity contribution in [1.29, 1.82) is 0 Å². The Balaban J connectivity index is 2.23. The van der Waals surface area contributed by atoms with E-state index in [-0.39, 0.29) is 0 Å². The van der Waals surface area contributed by atoms with Gasteiger partial charge in [-0.15, -0.1) is 0 Å². The number of hydrogen-bond donors (Lipinski definition) is 1. The lowest BCUT2D eigenvalue weighted by Crippen LogP contribution is -2.11. The van der Waals surface area contributed by atoms with Crippen LogP contribution >= 0.6 is 34.8 Å². The molecule has 2 nitrogen and oxygen atoms in total. The Morgan fingerprint density at radius 3 is 2.58 bits per heavy atom. The van der Waals surface area contributed by atoms with Crippen molar-refractivity contribution in [1.82, 2.24) is 0 Å². The number of nitrogens with one attached hydrogen (secondary N) is 1. The van der Waals surface area contributed by atoms with Crippen molar-refractivity contribution in [3.8, 4) is 5.75 Å². The molecule has 2 aromatic rings. The lowest BCUT2D eigenvalue weighted by Gasteiger charge is -2.17. The average Bonchev–Trinajstić information content (AvgIpc) is 2.56. The summed E-state index contributed by atoms with van der Waals surface area (Å²) in [6.07, 6.45) is 1.88. The maximum atomic E-state index is 6.15. The maximum absolute atomic E-state index is 6.15. The fourth-order valence-corrected chi connectivity index (χ4v) is 3.36. The minimum absolute atomic E-state index is 0.527. The van der Waals surface area contributed by atoms with E-state index >= 15 is 0 Å². The topological polar surface area (TPSA) is 21.3 Å². The van der Waals surface area contributed by atoms with E-state index in [0.717, 1.165) is 34.8 Å². The molecular weight excluding hydrogens is 429 g/mol. The Morgan fingerprint density at radius 2 is 1.92 bits per heavy atom. The summed E-state index contributed by atoms with van der Waals surface area (Å²) in [4.78, 5) is 0.845. The number of anilines is 1. The van der Waals surface area contributed by atoms with Crippen LogP contribution in [-0.2, 0) is 13.0 Å². The molecule has 0 atom stereocenters. The molecule has 0 aliphatic heterocycles. The zero-order valence-corrected chi connectivity index (χ0v) is 17.7. The van der Waals surface area contributed by atoms with Gasteiger partial charge in [0.05, 0.1) is 4.99 Å². The standard InChI is InChI=1S/C20H24INOS/c1-5-15-10-14(4)19(11-13(15)3)23-12-16-17(21)8-7-9-18(16)22-20(24)6-2/h7-11H,5-6,12H2,1-4H3,(H,22,24). The first-order chi connectivity index (χ1) is 11.5. The highest BCUT2D eigenvalue weighted by atomic mass is 127. The van der Waals surface area contributed by atoms with Crippen LogP contribution in [0.1, 0.15) is 42.5 Å². The fraction of sp³-hybridized carbons (Fsp3) is 0.350. The Kier molecular flexibility index (Phi) is 7.04. The molecule has 0 aliphatic rings. The van der Waals surface area contributed by atoms with Crippen molar-refractivity contribution >= 4 is 45.5 Å². The van der Waals surface area contributed by atoms with Crippen LogP contribution in [0.2, 0.25) is 0 Å². The van der Waals surface area contributed by atoms with Crippen LogP contribution in [0, 0.1) is 17.4 Å². The van der Waals surface area contributed by atoms with E-state index in [2.05, 4.69) is 79.9 Å². The largest absolute Gasteiger partial charge is 0.489 e. The Bertz CT molecular complexity index is 743. The smallest absolute Gasteiger partial charge is 0.123 e. The second-order valence-corrected chi connectivity index (χ2v) is 7.51. The van der Waals surface area contributed by atoms with Gasteiger partial charge in [0.1, 0.15) is 12.4 Å². The summed E-state index contributed by atoms with van der Waals surface area (Å²) < 4.78 is 7.33. The molecule has 128 valence electrons. The molecule has 0 aromatic heterocycles. The van der Waals surface area contributed by atoms with E-state index in [1.165, 1.54) is 20.3 Å². The van der Waals surface area contributed by atoms with Crippen molar-refractivity contribution in [3.05, 3.63) is 56.2 Å². The number of halogens is 1. The van der Waals surface area contributed by atoms with Crippen molar-refractivity contribution < 1.29 is 4.74 Å². The van der Waals surface area contributed by atoms with Gasteiger partial charge in [0.15, 0.2) is 0 Å².